The van der Waals surface area contributed by atoms with E-state index in [1.54, 1.807) is 18.3 Å². The number of aromatic nitrogens is 6. The number of imidazole rings is 1. The lowest BCUT2D eigenvalue weighted by Gasteiger charge is -2.17. The minimum absolute atomic E-state index is 0.324. The molecule has 10 nitrogen and oxygen atoms in total. The van der Waals surface area contributed by atoms with E-state index in [9.17, 15) is 13.2 Å². The van der Waals surface area contributed by atoms with Gasteiger partial charge in [0.25, 0.3) is 5.16 Å². The number of nitrogens with zero attached hydrogens (tertiary/aromatic N) is 7. The van der Waals surface area contributed by atoms with Crippen LogP contribution in [0, 0.1) is 0 Å². The number of hydrogen-bond donors (Lipinski definition) is 0. The highest BCUT2D eigenvalue weighted by molar-refractivity contribution is 7.90. The van der Waals surface area contributed by atoms with E-state index in [0.29, 0.717) is 24.4 Å². The van der Waals surface area contributed by atoms with Crippen LogP contribution < -0.4 is 0 Å². The summed E-state index contributed by atoms with van der Waals surface area (Å²) in [4.78, 5) is 21.7. The summed E-state index contributed by atoms with van der Waals surface area (Å²) in [6.45, 7) is 4.64. The van der Waals surface area contributed by atoms with Crippen molar-refractivity contribution >= 4 is 21.5 Å². The lowest BCUT2D eigenvalue weighted by atomic mass is 10.5. The van der Waals surface area contributed by atoms with Crippen LogP contribution in [0.3, 0.4) is 0 Å². The molecule has 0 aliphatic heterocycles. The summed E-state index contributed by atoms with van der Waals surface area (Å²) in [5.41, 5.74) is 0.869. The highest BCUT2D eigenvalue weighted by Crippen LogP contribution is 2.13. The molecule has 3 aromatic heterocycles. The number of hydrogen-bond acceptors (Lipinski definition) is 7. The second-order valence-corrected chi connectivity index (χ2v) is 7.13. The zero-order valence-corrected chi connectivity index (χ0v) is 14.6. The number of amides is 1. The topological polar surface area (TPSA) is 115 Å². The van der Waals surface area contributed by atoms with E-state index in [1.807, 2.05) is 13.8 Å². The second-order valence-electron chi connectivity index (χ2n) is 5.24. The van der Waals surface area contributed by atoms with E-state index in [1.165, 1.54) is 15.6 Å². The van der Waals surface area contributed by atoms with Gasteiger partial charge < -0.3 is 4.90 Å². The van der Waals surface area contributed by atoms with Gasteiger partial charge in [-0.25, -0.2) is 27.7 Å². The van der Waals surface area contributed by atoms with E-state index in [0.717, 1.165) is 11.0 Å². The summed E-state index contributed by atoms with van der Waals surface area (Å²) in [5.74, 6) is -0.375. The molecule has 0 fully saturated rings. The smallest absolute Gasteiger partial charge is 0.323 e. The minimum Gasteiger partial charge on any atom is -0.323 e. The summed E-state index contributed by atoms with van der Waals surface area (Å²) in [6, 6.07) is 3.01. The van der Waals surface area contributed by atoms with Crippen LogP contribution in [-0.2, 0) is 15.6 Å². The van der Waals surface area contributed by atoms with Crippen LogP contribution in [0.1, 0.15) is 19.5 Å². The predicted molar refractivity (Wildman–Crippen MR) is 87.6 cm³/mol. The van der Waals surface area contributed by atoms with Gasteiger partial charge in [0, 0.05) is 19.3 Å². The van der Waals surface area contributed by atoms with E-state index >= 15 is 0 Å². The molecule has 132 valence electrons. The normalized spacial score (nSPS) is 11.8. The first-order valence-corrected chi connectivity index (χ1v) is 9.32. The highest BCUT2D eigenvalue weighted by Gasteiger charge is 2.24. The first-order chi connectivity index (χ1) is 11.9. The van der Waals surface area contributed by atoms with Crippen molar-refractivity contribution in [2.24, 2.45) is 0 Å². The standard InChI is InChI=1S/C14H17N7O3S/c1-3-19(4-2)14(22)21-10-15-13(18-21)25(23,24)9-11-8-20-12(17-11)6-5-7-16-20/h5-8,10H,3-4,9H2,1-2H3. The number of fused-ring (bicyclic) bond motifs is 1. The van der Waals surface area contributed by atoms with Crippen molar-refractivity contribution < 1.29 is 13.2 Å². The molecule has 0 spiro atoms. The molecule has 1 amide bonds. The lowest BCUT2D eigenvalue weighted by Crippen LogP contribution is -2.34. The molecule has 11 heteroatoms. The molecule has 0 saturated heterocycles. The molecule has 0 saturated carbocycles. The maximum absolute atomic E-state index is 12.5. The zero-order chi connectivity index (χ0) is 18.0. The van der Waals surface area contributed by atoms with Gasteiger partial charge in [-0.2, -0.15) is 9.78 Å². The Labute approximate surface area is 144 Å². The van der Waals surface area contributed by atoms with Crippen molar-refractivity contribution in [3.05, 3.63) is 36.5 Å². The monoisotopic (exact) mass is 363 g/mol. The highest BCUT2D eigenvalue weighted by atomic mass is 32.2. The van der Waals surface area contributed by atoms with Crippen molar-refractivity contribution in [1.29, 1.82) is 0 Å². The Morgan fingerprint density at radius 1 is 1.28 bits per heavy atom. The Bertz CT molecular complexity index is 971. The van der Waals surface area contributed by atoms with Crippen LogP contribution in [0.5, 0.6) is 0 Å². The lowest BCUT2D eigenvalue weighted by molar-refractivity contribution is 0.201. The van der Waals surface area contributed by atoms with E-state index in [4.69, 9.17) is 0 Å². The molecule has 0 bridgehead atoms. The van der Waals surface area contributed by atoms with Crippen molar-refractivity contribution in [2.45, 2.75) is 24.8 Å². The molecule has 25 heavy (non-hydrogen) atoms. The van der Waals surface area contributed by atoms with Gasteiger partial charge in [0.15, 0.2) is 5.65 Å². The summed E-state index contributed by atoms with van der Waals surface area (Å²) >= 11 is 0. The fourth-order valence-corrected chi connectivity index (χ4v) is 3.41. The van der Waals surface area contributed by atoms with Gasteiger partial charge >= 0.3 is 6.03 Å². The molecule has 0 unspecified atom stereocenters. The summed E-state index contributed by atoms with van der Waals surface area (Å²) < 4.78 is 27.4. The number of sulfone groups is 1. The van der Waals surface area contributed by atoms with Gasteiger partial charge in [-0.3, -0.25) is 0 Å². The Hall–Kier alpha value is -2.82. The van der Waals surface area contributed by atoms with Crippen LogP contribution in [0.4, 0.5) is 4.79 Å². The Morgan fingerprint density at radius 3 is 2.72 bits per heavy atom. The molecule has 3 heterocycles. The third-order valence-corrected chi connectivity index (χ3v) is 5.02. The number of rotatable bonds is 5. The number of carbonyl (C=O) groups excluding carboxylic acids is 1. The third-order valence-electron chi connectivity index (χ3n) is 3.60. The zero-order valence-electron chi connectivity index (χ0n) is 13.8. The maximum atomic E-state index is 12.5. The molecule has 0 aromatic carbocycles. The first kappa shape index (κ1) is 17.0. The predicted octanol–water partition coefficient (Wildman–Crippen LogP) is 0.605. The fraction of sp³-hybridized carbons (Fsp3) is 0.357. The third kappa shape index (κ3) is 3.36. The van der Waals surface area contributed by atoms with Gasteiger partial charge in [0.2, 0.25) is 9.84 Å². The molecule has 0 aliphatic rings. The minimum atomic E-state index is -3.83. The average Bonchev–Trinajstić information content (AvgIpc) is 3.22. The van der Waals surface area contributed by atoms with Gasteiger partial charge in [0.05, 0.1) is 11.9 Å². The van der Waals surface area contributed by atoms with Crippen LogP contribution in [-0.4, -0.2) is 61.8 Å². The second kappa shape index (κ2) is 6.59. The molecule has 3 aromatic rings. The number of carbonyl (C=O) groups is 1. The van der Waals surface area contributed by atoms with E-state index in [2.05, 4.69) is 20.2 Å². The summed E-state index contributed by atoms with van der Waals surface area (Å²) in [7, 11) is -3.83. The van der Waals surface area contributed by atoms with Crippen LogP contribution >= 0.6 is 0 Å². The van der Waals surface area contributed by atoms with Crippen molar-refractivity contribution in [2.75, 3.05) is 13.1 Å². The molecule has 0 N–H and O–H groups in total. The summed E-state index contributed by atoms with van der Waals surface area (Å²) in [5, 5.41) is 7.46. The maximum Gasteiger partial charge on any atom is 0.346 e. The quantitative estimate of drug-likeness (QED) is 0.652. The fourth-order valence-electron chi connectivity index (χ4n) is 2.33. The molecule has 0 radical (unpaired) electrons. The van der Waals surface area contributed by atoms with Gasteiger partial charge in [-0.1, -0.05) is 0 Å². The van der Waals surface area contributed by atoms with Crippen molar-refractivity contribution in [3.63, 3.8) is 0 Å². The van der Waals surface area contributed by atoms with Gasteiger partial charge in [0.1, 0.15) is 12.1 Å². The van der Waals surface area contributed by atoms with Crippen molar-refractivity contribution in [1.82, 2.24) is 34.3 Å². The van der Waals surface area contributed by atoms with Crippen LogP contribution in [0.15, 0.2) is 36.0 Å². The molecule has 0 aliphatic carbocycles. The molecule has 0 atom stereocenters. The summed E-state index contributed by atoms with van der Waals surface area (Å²) in [6.07, 6.45) is 4.22. The van der Waals surface area contributed by atoms with Crippen LogP contribution in [0.2, 0.25) is 0 Å². The Kier molecular flexibility index (Phi) is 4.49. The Morgan fingerprint density at radius 2 is 2.04 bits per heavy atom. The average molecular weight is 363 g/mol. The molecular weight excluding hydrogens is 346 g/mol. The van der Waals surface area contributed by atoms with Gasteiger partial charge in [-0.05, 0) is 26.0 Å². The van der Waals surface area contributed by atoms with E-state index < -0.39 is 21.0 Å². The van der Waals surface area contributed by atoms with E-state index in [-0.39, 0.29) is 5.75 Å². The van der Waals surface area contributed by atoms with Gasteiger partial charge in [-0.15, -0.1) is 5.10 Å². The largest absolute Gasteiger partial charge is 0.346 e. The van der Waals surface area contributed by atoms with Crippen LogP contribution in [0.25, 0.3) is 5.65 Å². The Balaban J connectivity index is 1.84. The van der Waals surface area contributed by atoms with Crippen molar-refractivity contribution in [3.8, 4) is 0 Å². The molecular formula is C14H17N7O3S. The first-order valence-electron chi connectivity index (χ1n) is 7.67. The SMILES string of the molecule is CCN(CC)C(=O)n1cnc(S(=O)(=O)Cc2cn3ncccc3n2)n1. The molecule has 3 rings (SSSR count).